The van der Waals surface area contributed by atoms with Gasteiger partial charge in [-0.05, 0) is 104 Å². The molecule has 0 N–H and O–H groups in total. The molecule has 0 aromatic heterocycles. The summed E-state index contributed by atoms with van der Waals surface area (Å²) in [5.41, 5.74) is 1.77. The van der Waals surface area contributed by atoms with Crippen LogP contribution in [0.25, 0.3) is 0 Å². The van der Waals surface area contributed by atoms with E-state index >= 15 is 8.78 Å². The summed E-state index contributed by atoms with van der Waals surface area (Å²) in [6, 6.07) is 8.07. The summed E-state index contributed by atoms with van der Waals surface area (Å²) in [7, 11) is 0. The molecule has 2 saturated carbocycles. The van der Waals surface area contributed by atoms with Crippen LogP contribution in [-0.4, -0.2) is 12.1 Å². The maximum Gasteiger partial charge on any atom is 0.338 e. The Morgan fingerprint density at radius 1 is 0.829 bits per heavy atom. The standard InChI is InChI=1S/C30H37F3O2/c1-3-5-22-10-11-23(18-27(22)31)30(34)35-24-14-12-21(13-15-24)26-17-16-25(28(32)29(26)33)20-8-6-19(4-2)7-9-20/h10-11,16-21,24H,3-9,12-15H2,1-2H3. The molecule has 2 aliphatic rings. The molecule has 0 unspecified atom stereocenters. The Bertz CT molecular complexity index is 1020. The molecule has 2 aliphatic carbocycles. The van der Waals surface area contributed by atoms with Crippen LogP contribution in [0.2, 0.25) is 0 Å². The highest BCUT2D eigenvalue weighted by Crippen LogP contribution is 2.41. The smallest absolute Gasteiger partial charge is 0.338 e. The van der Waals surface area contributed by atoms with E-state index in [1.54, 1.807) is 24.3 Å². The number of hydrogen-bond acceptors (Lipinski definition) is 2. The molecule has 2 fully saturated rings. The SMILES string of the molecule is CCCc1ccc(C(=O)OC2CCC(c3ccc(C4CCC(CC)CC4)c(F)c3F)CC2)cc1F. The summed E-state index contributed by atoms with van der Waals surface area (Å²) in [4.78, 5) is 12.5. The van der Waals surface area contributed by atoms with E-state index in [0.29, 0.717) is 54.7 Å². The lowest BCUT2D eigenvalue weighted by Gasteiger charge is -2.30. The summed E-state index contributed by atoms with van der Waals surface area (Å²) in [5, 5.41) is 0. The maximum atomic E-state index is 15.1. The number of benzene rings is 2. The minimum atomic E-state index is -0.705. The first-order chi connectivity index (χ1) is 16.9. The first-order valence-electron chi connectivity index (χ1n) is 13.4. The molecule has 0 bridgehead atoms. The number of carbonyl (C=O) groups excluding carboxylic acids is 1. The fourth-order valence-electron chi connectivity index (χ4n) is 5.95. The number of rotatable bonds is 7. The van der Waals surface area contributed by atoms with Crippen LogP contribution in [0.15, 0.2) is 30.3 Å². The predicted octanol–water partition coefficient (Wildman–Crippen LogP) is 8.62. The third kappa shape index (κ3) is 5.92. The fourth-order valence-corrected chi connectivity index (χ4v) is 5.95. The number of halogens is 3. The molecule has 190 valence electrons. The van der Waals surface area contributed by atoms with E-state index in [1.807, 2.05) is 6.92 Å². The van der Waals surface area contributed by atoms with Gasteiger partial charge in [0.1, 0.15) is 11.9 Å². The Kier molecular flexibility index (Phi) is 8.56. The van der Waals surface area contributed by atoms with Crippen molar-refractivity contribution in [3.05, 3.63) is 70.0 Å². The maximum absolute atomic E-state index is 15.1. The lowest BCUT2D eigenvalue weighted by atomic mass is 9.76. The summed E-state index contributed by atoms with van der Waals surface area (Å²) >= 11 is 0. The number of carbonyl (C=O) groups is 1. The van der Waals surface area contributed by atoms with Crippen molar-refractivity contribution < 1.29 is 22.7 Å². The molecule has 0 aliphatic heterocycles. The van der Waals surface area contributed by atoms with Crippen molar-refractivity contribution in [3.8, 4) is 0 Å². The zero-order valence-electron chi connectivity index (χ0n) is 20.9. The van der Waals surface area contributed by atoms with Gasteiger partial charge < -0.3 is 4.74 Å². The second kappa shape index (κ2) is 11.6. The Morgan fingerprint density at radius 3 is 1.91 bits per heavy atom. The predicted molar refractivity (Wildman–Crippen MR) is 132 cm³/mol. The molecule has 0 heterocycles. The van der Waals surface area contributed by atoms with Crippen molar-refractivity contribution in [2.75, 3.05) is 0 Å². The molecule has 2 nitrogen and oxygen atoms in total. The lowest BCUT2D eigenvalue weighted by Crippen LogP contribution is -2.24. The molecule has 5 heteroatoms. The molecule has 2 aromatic carbocycles. The zero-order valence-corrected chi connectivity index (χ0v) is 20.9. The highest BCUT2D eigenvalue weighted by Gasteiger charge is 2.30. The van der Waals surface area contributed by atoms with Gasteiger partial charge in [0.05, 0.1) is 5.56 Å². The molecule has 35 heavy (non-hydrogen) atoms. The van der Waals surface area contributed by atoms with Gasteiger partial charge in [0, 0.05) is 0 Å². The monoisotopic (exact) mass is 486 g/mol. The molecule has 0 atom stereocenters. The first-order valence-corrected chi connectivity index (χ1v) is 13.4. The van der Waals surface area contributed by atoms with Crippen LogP contribution >= 0.6 is 0 Å². The van der Waals surface area contributed by atoms with E-state index in [2.05, 4.69) is 6.92 Å². The van der Waals surface area contributed by atoms with Gasteiger partial charge in [-0.2, -0.15) is 0 Å². The zero-order chi connectivity index (χ0) is 24.9. The normalized spacial score (nSPS) is 24.8. The van der Waals surface area contributed by atoms with Crippen molar-refractivity contribution in [1.29, 1.82) is 0 Å². The molecule has 2 aromatic rings. The Balaban J connectivity index is 1.34. The Morgan fingerprint density at radius 2 is 1.40 bits per heavy atom. The Labute approximate surface area is 207 Å². The average molecular weight is 487 g/mol. The Hall–Kier alpha value is -2.30. The highest BCUT2D eigenvalue weighted by atomic mass is 19.2. The van der Waals surface area contributed by atoms with Crippen LogP contribution < -0.4 is 0 Å². The van der Waals surface area contributed by atoms with Crippen molar-refractivity contribution >= 4 is 5.97 Å². The van der Waals surface area contributed by atoms with Crippen LogP contribution in [0.1, 0.15) is 117 Å². The van der Waals surface area contributed by atoms with Crippen LogP contribution in [0, 0.1) is 23.4 Å². The third-order valence-electron chi connectivity index (χ3n) is 8.20. The summed E-state index contributed by atoms with van der Waals surface area (Å²) in [5.74, 6) is -1.57. The van der Waals surface area contributed by atoms with E-state index in [9.17, 15) is 9.18 Å². The number of aryl methyl sites for hydroxylation is 1. The largest absolute Gasteiger partial charge is 0.459 e. The van der Waals surface area contributed by atoms with Crippen LogP contribution in [0.4, 0.5) is 13.2 Å². The highest BCUT2D eigenvalue weighted by molar-refractivity contribution is 5.89. The van der Waals surface area contributed by atoms with Crippen LogP contribution in [0.3, 0.4) is 0 Å². The van der Waals surface area contributed by atoms with Crippen molar-refractivity contribution in [1.82, 2.24) is 0 Å². The molecular formula is C30H37F3O2. The van der Waals surface area contributed by atoms with E-state index < -0.39 is 17.6 Å². The molecule has 0 amide bonds. The number of hydrogen-bond donors (Lipinski definition) is 0. The van der Waals surface area contributed by atoms with Gasteiger partial charge in [-0.25, -0.2) is 18.0 Å². The van der Waals surface area contributed by atoms with E-state index in [-0.39, 0.29) is 29.3 Å². The van der Waals surface area contributed by atoms with Crippen molar-refractivity contribution in [2.45, 2.75) is 102 Å². The van der Waals surface area contributed by atoms with Crippen LogP contribution in [0.5, 0.6) is 0 Å². The molecule has 0 radical (unpaired) electrons. The minimum Gasteiger partial charge on any atom is -0.459 e. The van der Waals surface area contributed by atoms with Gasteiger partial charge in [-0.3, -0.25) is 0 Å². The molecule has 0 spiro atoms. The lowest BCUT2D eigenvalue weighted by molar-refractivity contribution is 0.0193. The van der Waals surface area contributed by atoms with E-state index in [4.69, 9.17) is 4.74 Å². The molecule has 4 rings (SSSR count). The number of ether oxygens (including phenoxy) is 1. The van der Waals surface area contributed by atoms with Crippen molar-refractivity contribution in [3.63, 3.8) is 0 Å². The first kappa shape index (κ1) is 25.8. The van der Waals surface area contributed by atoms with Gasteiger partial charge >= 0.3 is 5.97 Å². The summed E-state index contributed by atoms with van der Waals surface area (Å²) in [6.07, 6.45) is 8.75. The second-order valence-electron chi connectivity index (χ2n) is 10.4. The topological polar surface area (TPSA) is 26.3 Å². The molecule has 0 saturated heterocycles. The summed E-state index contributed by atoms with van der Waals surface area (Å²) in [6.45, 7) is 4.17. The number of esters is 1. The van der Waals surface area contributed by atoms with Gasteiger partial charge in [0.2, 0.25) is 0 Å². The van der Waals surface area contributed by atoms with Crippen molar-refractivity contribution in [2.24, 2.45) is 5.92 Å². The van der Waals surface area contributed by atoms with Crippen LogP contribution in [-0.2, 0) is 11.2 Å². The van der Waals surface area contributed by atoms with Gasteiger partial charge in [-0.15, -0.1) is 0 Å². The average Bonchev–Trinajstić information content (AvgIpc) is 2.87. The summed E-state index contributed by atoms with van der Waals surface area (Å²) < 4.78 is 50.0. The van der Waals surface area contributed by atoms with Gasteiger partial charge in [0.15, 0.2) is 11.6 Å². The van der Waals surface area contributed by atoms with Gasteiger partial charge in [-0.1, -0.05) is 44.9 Å². The van der Waals surface area contributed by atoms with Gasteiger partial charge in [0.25, 0.3) is 0 Å². The third-order valence-corrected chi connectivity index (χ3v) is 8.20. The minimum absolute atomic E-state index is 0.0879. The fraction of sp³-hybridized carbons (Fsp3) is 0.567. The molecular weight excluding hydrogens is 449 g/mol. The van der Waals surface area contributed by atoms with E-state index in [0.717, 1.165) is 38.5 Å². The second-order valence-corrected chi connectivity index (χ2v) is 10.4. The van der Waals surface area contributed by atoms with E-state index in [1.165, 1.54) is 6.07 Å². The quantitative estimate of drug-likeness (QED) is 0.366.